The average molecular weight is 515 g/mol. The molecule has 37 heavy (non-hydrogen) atoms. The summed E-state index contributed by atoms with van der Waals surface area (Å²) < 4.78 is 13.1. The third-order valence-corrected chi connectivity index (χ3v) is 7.15. The second kappa shape index (κ2) is 10.9. The topological polar surface area (TPSA) is 88.1 Å². The van der Waals surface area contributed by atoms with Crippen LogP contribution in [0.5, 0.6) is 23.0 Å². The number of phenols is 1. The molecule has 1 amide bonds. The number of carbonyl (C=O) groups is 2. The summed E-state index contributed by atoms with van der Waals surface area (Å²) in [5, 5.41) is 13.3. The number of carbonyl (C=O) groups excluding carboxylic acids is 2. The summed E-state index contributed by atoms with van der Waals surface area (Å²) in [5.74, 6) is 1.69. The molecule has 1 saturated heterocycles. The normalized spacial score (nSPS) is 14.0. The highest BCUT2D eigenvalue weighted by molar-refractivity contribution is 7.21. The van der Waals surface area contributed by atoms with Gasteiger partial charge in [-0.3, -0.25) is 14.5 Å². The van der Waals surface area contributed by atoms with Crippen LogP contribution in [0.25, 0.3) is 10.1 Å². The lowest BCUT2D eigenvalue weighted by Gasteiger charge is -2.38. The molecule has 2 heterocycles. The number of amides is 1. The minimum atomic E-state index is -0.129. The van der Waals surface area contributed by atoms with Gasteiger partial charge in [0.1, 0.15) is 28.2 Å². The number of hydrogen-bond donors (Lipinski definition) is 2. The zero-order valence-electron chi connectivity index (χ0n) is 20.2. The smallest absolute Gasteiger partial charge is 0.243 e. The monoisotopic (exact) mass is 514 g/mol. The maximum Gasteiger partial charge on any atom is 0.243 e. The number of phenolic OH excluding ortho intramolecular Hbond substituents is 1. The van der Waals surface area contributed by atoms with Crippen LogP contribution in [0.2, 0.25) is 0 Å². The first-order valence-corrected chi connectivity index (χ1v) is 12.7. The lowest BCUT2D eigenvalue weighted by atomic mass is 10.1. The first kappa shape index (κ1) is 24.5. The van der Waals surface area contributed by atoms with Gasteiger partial charge in [-0.25, -0.2) is 0 Å². The number of thiophene rings is 1. The summed E-state index contributed by atoms with van der Waals surface area (Å²) in [6.45, 7) is 2.28. The van der Waals surface area contributed by atoms with E-state index in [0.29, 0.717) is 28.5 Å². The van der Waals surface area contributed by atoms with Crippen molar-refractivity contribution >= 4 is 33.1 Å². The molecule has 0 bridgehead atoms. The van der Waals surface area contributed by atoms with Gasteiger partial charge in [-0.05, 0) is 42.5 Å². The Morgan fingerprint density at radius 3 is 2.51 bits per heavy atom. The highest BCUT2D eigenvalue weighted by Gasteiger charge is 2.27. The van der Waals surface area contributed by atoms with Crippen molar-refractivity contribution in [1.82, 2.24) is 10.2 Å². The Morgan fingerprint density at radius 2 is 1.78 bits per heavy atom. The average Bonchev–Trinajstić information content (AvgIpc) is 3.25. The van der Waals surface area contributed by atoms with Crippen molar-refractivity contribution in [3.63, 3.8) is 0 Å². The molecule has 1 aliphatic rings. The molecule has 4 aromatic rings. The summed E-state index contributed by atoms with van der Waals surface area (Å²) in [4.78, 5) is 27.2. The summed E-state index contributed by atoms with van der Waals surface area (Å²) >= 11 is 1.30. The summed E-state index contributed by atoms with van der Waals surface area (Å²) in [6, 6.07) is 21.4. The molecule has 2 N–H and O–H groups in total. The van der Waals surface area contributed by atoms with Gasteiger partial charge < -0.3 is 19.9 Å². The number of likely N-dealkylation sites (tertiary alicyclic amines) is 1. The van der Waals surface area contributed by atoms with Crippen LogP contribution in [0.3, 0.4) is 0 Å². The third-order valence-electron chi connectivity index (χ3n) is 6.02. The standard InChI is InChI=1S/C29H26N2O5S/c1-30-26(33)8-5-15-31-17-23(18-31)35-21-10-12-22(13-11-21)36-28-24-14-9-20(32)16-25(24)37-29(28)27(34)19-6-3-2-4-7-19/h2-14,16,23,32H,15,17-18H2,1H3,(H,30,33)/b8-5+. The molecule has 0 spiro atoms. The Bertz CT molecular complexity index is 1440. The van der Waals surface area contributed by atoms with Gasteiger partial charge >= 0.3 is 0 Å². The fourth-order valence-electron chi connectivity index (χ4n) is 4.07. The van der Waals surface area contributed by atoms with Gasteiger partial charge in [0, 0.05) is 48.4 Å². The van der Waals surface area contributed by atoms with E-state index in [-0.39, 0.29) is 23.5 Å². The molecule has 1 aliphatic heterocycles. The van der Waals surface area contributed by atoms with Crippen molar-refractivity contribution in [2.45, 2.75) is 6.10 Å². The highest BCUT2D eigenvalue weighted by Crippen LogP contribution is 2.42. The van der Waals surface area contributed by atoms with Crippen LogP contribution in [0.4, 0.5) is 0 Å². The Hall–Kier alpha value is -4.14. The first-order valence-electron chi connectivity index (χ1n) is 11.9. The lowest BCUT2D eigenvalue weighted by Crippen LogP contribution is -2.53. The summed E-state index contributed by atoms with van der Waals surface area (Å²) in [5.41, 5.74) is 0.575. The number of ketones is 1. The van der Waals surface area contributed by atoms with E-state index in [9.17, 15) is 14.7 Å². The van der Waals surface area contributed by atoms with Gasteiger partial charge in [0.2, 0.25) is 11.7 Å². The Morgan fingerprint density at radius 1 is 1.05 bits per heavy atom. The van der Waals surface area contributed by atoms with E-state index in [0.717, 1.165) is 28.9 Å². The molecule has 0 radical (unpaired) electrons. The zero-order valence-corrected chi connectivity index (χ0v) is 21.0. The SMILES string of the molecule is CNC(=O)/C=C/CN1CC(Oc2ccc(Oc3c(C(=O)c4ccccc4)sc4cc(O)ccc34)cc2)C1. The van der Waals surface area contributed by atoms with Crippen molar-refractivity contribution in [3.8, 4) is 23.0 Å². The minimum absolute atomic E-state index is 0.0868. The molecule has 5 rings (SSSR count). The van der Waals surface area contributed by atoms with E-state index in [1.165, 1.54) is 17.4 Å². The molecular formula is C29H26N2O5S. The molecule has 7 nitrogen and oxygen atoms in total. The maximum absolute atomic E-state index is 13.3. The molecule has 8 heteroatoms. The van der Waals surface area contributed by atoms with Crippen LogP contribution in [0, 0.1) is 0 Å². The second-order valence-electron chi connectivity index (χ2n) is 8.68. The Balaban J connectivity index is 1.27. The van der Waals surface area contributed by atoms with E-state index in [1.807, 2.05) is 48.5 Å². The van der Waals surface area contributed by atoms with Gasteiger partial charge in [-0.2, -0.15) is 0 Å². The van der Waals surface area contributed by atoms with Gasteiger partial charge in [-0.15, -0.1) is 11.3 Å². The molecule has 0 saturated carbocycles. The second-order valence-corrected chi connectivity index (χ2v) is 9.74. The van der Waals surface area contributed by atoms with Crippen LogP contribution >= 0.6 is 11.3 Å². The number of aromatic hydroxyl groups is 1. The number of nitrogens with zero attached hydrogens (tertiary/aromatic N) is 1. The Labute approximate surface area is 218 Å². The Kier molecular flexibility index (Phi) is 7.20. The quantitative estimate of drug-likeness (QED) is 0.242. The number of hydrogen-bond acceptors (Lipinski definition) is 7. The van der Waals surface area contributed by atoms with Crippen LogP contribution in [0.15, 0.2) is 84.9 Å². The molecule has 0 atom stereocenters. The van der Waals surface area contributed by atoms with E-state index < -0.39 is 0 Å². The molecular weight excluding hydrogens is 488 g/mol. The van der Waals surface area contributed by atoms with Crippen molar-refractivity contribution in [2.24, 2.45) is 0 Å². The molecule has 1 aromatic heterocycles. The molecule has 0 aliphatic carbocycles. The fraction of sp³-hybridized carbons (Fsp3) is 0.172. The maximum atomic E-state index is 13.3. The van der Waals surface area contributed by atoms with Crippen LogP contribution in [-0.4, -0.2) is 54.5 Å². The number of benzene rings is 3. The first-order chi connectivity index (χ1) is 18.0. The van der Waals surface area contributed by atoms with Crippen molar-refractivity contribution < 1.29 is 24.2 Å². The minimum Gasteiger partial charge on any atom is -0.508 e. The number of likely N-dealkylation sites (N-methyl/N-ethyl adjacent to an activating group) is 1. The number of ether oxygens (including phenoxy) is 2. The van der Waals surface area contributed by atoms with Gasteiger partial charge in [-0.1, -0.05) is 36.4 Å². The molecule has 1 fully saturated rings. The third kappa shape index (κ3) is 5.66. The van der Waals surface area contributed by atoms with Crippen molar-refractivity contribution in [3.05, 3.63) is 95.4 Å². The summed E-state index contributed by atoms with van der Waals surface area (Å²) in [6.07, 6.45) is 3.46. The largest absolute Gasteiger partial charge is 0.508 e. The number of fused-ring (bicyclic) bond motifs is 1. The van der Waals surface area contributed by atoms with Gasteiger partial charge in [0.05, 0.1) is 0 Å². The van der Waals surface area contributed by atoms with Crippen molar-refractivity contribution in [1.29, 1.82) is 0 Å². The van der Waals surface area contributed by atoms with E-state index in [1.54, 1.807) is 37.4 Å². The number of nitrogens with one attached hydrogen (secondary N) is 1. The van der Waals surface area contributed by atoms with E-state index in [2.05, 4.69) is 10.2 Å². The summed E-state index contributed by atoms with van der Waals surface area (Å²) in [7, 11) is 1.61. The van der Waals surface area contributed by atoms with Crippen LogP contribution in [-0.2, 0) is 4.79 Å². The fourth-order valence-corrected chi connectivity index (χ4v) is 5.19. The van der Waals surface area contributed by atoms with E-state index >= 15 is 0 Å². The molecule has 188 valence electrons. The van der Waals surface area contributed by atoms with Crippen molar-refractivity contribution in [2.75, 3.05) is 26.7 Å². The molecule has 3 aromatic carbocycles. The highest BCUT2D eigenvalue weighted by atomic mass is 32.1. The zero-order chi connectivity index (χ0) is 25.8. The molecule has 0 unspecified atom stereocenters. The predicted octanol–water partition coefficient (Wildman–Crippen LogP) is 5.00. The number of rotatable bonds is 9. The van der Waals surface area contributed by atoms with Gasteiger partial charge in [0.25, 0.3) is 0 Å². The van der Waals surface area contributed by atoms with E-state index in [4.69, 9.17) is 9.47 Å². The lowest BCUT2D eigenvalue weighted by molar-refractivity contribution is -0.116. The van der Waals surface area contributed by atoms with Gasteiger partial charge in [0.15, 0.2) is 5.75 Å². The predicted molar refractivity (Wildman–Crippen MR) is 144 cm³/mol. The van der Waals surface area contributed by atoms with Crippen LogP contribution in [0.1, 0.15) is 15.2 Å². The van der Waals surface area contributed by atoms with Crippen LogP contribution < -0.4 is 14.8 Å².